The van der Waals surface area contributed by atoms with Crippen molar-refractivity contribution in [3.05, 3.63) is 17.5 Å². The van der Waals surface area contributed by atoms with Crippen LogP contribution in [0.25, 0.3) is 5.95 Å². The number of anilines is 1. The van der Waals surface area contributed by atoms with Gasteiger partial charge >= 0.3 is 6.01 Å². The van der Waals surface area contributed by atoms with Crippen molar-refractivity contribution in [2.75, 3.05) is 19.5 Å². The van der Waals surface area contributed by atoms with Crippen molar-refractivity contribution in [2.45, 2.75) is 26.7 Å². The zero-order valence-electron chi connectivity index (χ0n) is 11.6. The molecule has 0 spiro atoms. The molecule has 102 valence electrons. The van der Waals surface area contributed by atoms with Crippen LogP contribution in [0.4, 0.5) is 5.95 Å². The molecule has 2 rings (SSSR count). The minimum absolute atomic E-state index is 0.268. The molecular formula is C12H18N6O. The summed E-state index contributed by atoms with van der Waals surface area (Å²) >= 11 is 0. The highest BCUT2D eigenvalue weighted by molar-refractivity contribution is 5.30. The Kier molecular flexibility index (Phi) is 3.94. The zero-order chi connectivity index (χ0) is 13.8. The van der Waals surface area contributed by atoms with Crippen LogP contribution in [-0.4, -0.2) is 38.9 Å². The van der Waals surface area contributed by atoms with Gasteiger partial charge in [0.1, 0.15) is 0 Å². The lowest BCUT2D eigenvalue weighted by Crippen LogP contribution is -2.11. The van der Waals surface area contributed by atoms with Crippen LogP contribution >= 0.6 is 0 Å². The first-order valence-electron chi connectivity index (χ1n) is 6.27. The van der Waals surface area contributed by atoms with E-state index < -0.39 is 0 Å². The Morgan fingerprint density at radius 3 is 2.58 bits per heavy atom. The Labute approximate surface area is 112 Å². The maximum absolute atomic E-state index is 5.08. The summed E-state index contributed by atoms with van der Waals surface area (Å²) in [5.41, 5.74) is 2.08. The van der Waals surface area contributed by atoms with Gasteiger partial charge in [0.2, 0.25) is 5.95 Å². The molecule has 7 heteroatoms. The molecule has 0 aliphatic heterocycles. The van der Waals surface area contributed by atoms with E-state index in [0.717, 1.165) is 24.2 Å². The van der Waals surface area contributed by atoms with Gasteiger partial charge in [0.15, 0.2) is 0 Å². The van der Waals surface area contributed by atoms with E-state index in [2.05, 4.69) is 45.3 Å². The van der Waals surface area contributed by atoms with Crippen molar-refractivity contribution in [3.63, 3.8) is 0 Å². The highest BCUT2D eigenvalue weighted by Gasteiger charge is 2.13. The standard InChI is InChI=1S/C12H18N6O/c1-5-8-7-9(6-2)18(17-8)11-14-10(13-3)15-12(16-11)19-4/h7H,5-6H2,1-4H3,(H,13,14,15,16). The molecular weight excluding hydrogens is 244 g/mol. The minimum atomic E-state index is 0.268. The average Bonchev–Trinajstić information content (AvgIpc) is 2.90. The van der Waals surface area contributed by atoms with Crippen LogP contribution in [0.5, 0.6) is 6.01 Å². The number of methoxy groups -OCH3 is 1. The Bertz CT molecular complexity index is 543. The van der Waals surface area contributed by atoms with Crippen LogP contribution in [0, 0.1) is 0 Å². The number of nitrogens with zero attached hydrogens (tertiary/aromatic N) is 5. The third kappa shape index (κ3) is 2.64. The molecule has 0 radical (unpaired) electrons. The lowest BCUT2D eigenvalue weighted by atomic mass is 10.3. The summed E-state index contributed by atoms with van der Waals surface area (Å²) in [7, 11) is 3.28. The fourth-order valence-corrected chi connectivity index (χ4v) is 1.72. The Morgan fingerprint density at radius 1 is 1.21 bits per heavy atom. The molecule has 0 saturated carbocycles. The van der Waals surface area contributed by atoms with E-state index in [0.29, 0.717) is 11.9 Å². The largest absolute Gasteiger partial charge is 0.467 e. The summed E-state index contributed by atoms with van der Waals surface area (Å²) < 4.78 is 6.82. The van der Waals surface area contributed by atoms with Crippen LogP contribution in [0.3, 0.4) is 0 Å². The number of aromatic nitrogens is 5. The maximum Gasteiger partial charge on any atom is 0.322 e. The second-order valence-electron chi connectivity index (χ2n) is 3.94. The zero-order valence-corrected chi connectivity index (χ0v) is 11.6. The van der Waals surface area contributed by atoms with Crippen LogP contribution in [-0.2, 0) is 12.8 Å². The van der Waals surface area contributed by atoms with Crippen molar-refractivity contribution in [3.8, 4) is 12.0 Å². The summed E-state index contributed by atoms with van der Waals surface area (Å²) in [6.45, 7) is 4.14. The van der Waals surface area contributed by atoms with E-state index in [1.165, 1.54) is 7.11 Å². The molecule has 2 aromatic rings. The van der Waals surface area contributed by atoms with E-state index >= 15 is 0 Å². The number of hydrogen-bond acceptors (Lipinski definition) is 6. The lowest BCUT2D eigenvalue weighted by molar-refractivity contribution is 0.377. The summed E-state index contributed by atoms with van der Waals surface area (Å²) in [4.78, 5) is 12.6. The van der Waals surface area contributed by atoms with Gasteiger partial charge in [-0.15, -0.1) is 0 Å². The van der Waals surface area contributed by atoms with Gasteiger partial charge in [0, 0.05) is 12.7 Å². The lowest BCUT2D eigenvalue weighted by Gasteiger charge is -2.07. The van der Waals surface area contributed by atoms with Crippen molar-refractivity contribution >= 4 is 5.95 Å². The fourth-order valence-electron chi connectivity index (χ4n) is 1.72. The average molecular weight is 262 g/mol. The Hall–Kier alpha value is -2.18. The van der Waals surface area contributed by atoms with Gasteiger partial charge in [-0.1, -0.05) is 13.8 Å². The van der Waals surface area contributed by atoms with Crippen molar-refractivity contribution in [2.24, 2.45) is 0 Å². The van der Waals surface area contributed by atoms with E-state index in [9.17, 15) is 0 Å². The smallest absolute Gasteiger partial charge is 0.322 e. The molecule has 0 unspecified atom stereocenters. The molecule has 0 amide bonds. The maximum atomic E-state index is 5.08. The second-order valence-corrected chi connectivity index (χ2v) is 3.94. The SMILES string of the molecule is CCc1cc(CC)n(-c2nc(NC)nc(OC)n2)n1. The molecule has 0 atom stereocenters. The number of ether oxygens (including phenoxy) is 1. The van der Waals surface area contributed by atoms with Gasteiger partial charge in [-0.25, -0.2) is 4.68 Å². The third-order valence-corrected chi connectivity index (χ3v) is 2.76. The molecule has 2 heterocycles. The highest BCUT2D eigenvalue weighted by atomic mass is 16.5. The summed E-state index contributed by atoms with van der Waals surface area (Å²) in [6, 6.07) is 2.33. The van der Waals surface area contributed by atoms with E-state index in [4.69, 9.17) is 4.74 Å². The predicted molar refractivity (Wildman–Crippen MR) is 71.8 cm³/mol. The van der Waals surface area contributed by atoms with Crippen molar-refractivity contribution < 1.29 is 4.74 Å². The van der Waals surface area contributed by atoms with E-state index in [1.807, 2.05) is 0 Å². The first-order chi connectivity index (χ1) is 9.21. The summed E-state index contributed by atoms with van der Waals surface area (Å²) in [6.07, 6.45) is 1.73. The molecule has 1 N–H and O–H groups in total. The van der Waals surface area contributed by atoms with Crippen LogP contribution in [0.1, 0.15) is 25.2 Å². The highest BCUT2D eigenvalue weighted by Crippen LogP contribution is 2.14. The van der Waals surface area contributed by atoms with E-state index in [1.54, 1.807) is 11.7 Å². The third-order valence-electron chi connectivity index (χ3n) is 2.76. The molecule has 0 fully saturated rings. The van der Waals surface area contributed by atoms with Gasteiger partial charge in [0.25, 0.3) is 5.95 Å². The fraction of sp³-hybridized carbons (Fsp3) is 0.500. The normalized spacial score (nSPS) is 10.5. The second kappa shape index (κ2) is 5.64. The molecule has 0 aliphatic rings. The first kappa shape index (κ1) is 13.3. The van der Waals surface area contributed by atoms with Gasteiger partial charge < -0.3 is 10.1 Å². The predicted octanol–water partition coefficient (Wildman–Crippen LogP) is 1.23. The number of hydrogen-bond donors (Lipinski definition) is 1. The van der Waals surface area contributed by atoms with Crippen LogP contribution < -0.4 is 10.1 Å². The van der Waals surface area contributed by atoms with Gasteiger partial charge in [-0.05, 0) is 18.9 Å². The van der Waals surface area contributed by atoms with E-state index in [-0.39, 0.29) is 6.01 Å². The van der Waals surface area contributed by atoms with Gasteiger partial charge in [-0.2, -0.15) is 20.1 Å². The summed E-state index contributed by atoms with van der Waals surface area (Å²) in [5.74, 6) is 0.921. The number of aryl methyl sites for hydroxylation is 2. The molecule has 2 aromatic heterocycles. The monoisotopic (exact) mass is 262 g/mol. The van der Waals surface area contributed by atoms with Crippen LogP contribution in [0.2, 0.25) is 0 Å². The van der Waals surface area contributed by atoms with Gasteiger partial charge in [-0.3, -0.25) is 0 Å². The molecule has 7 nitrogen and oxygen atoms in total. The quantitative estimate of drug-likeness (QED) is 0.873. The van der Waals surface area contributed by atoms with Gasteiger partial charge in [0.05, 0.1) is 12.8 Å². The molecule has 19 heavy (non-hydrogen) atoms. The molecule has 0 bridgehead atoms. The van der Waals surface area contributed by atoms with Crippen molar-refractivity contribution in [1.29, 1.82) is 0 Å². The topological polar surface area (TPSA) is 77.8 Å². The molecule has 0 aromatic carbocycles. The first-order valence-corrected chi connectivity index (χ1v) is 6.27. The number of nitrogens with one attached hydrogen (secondary N) is 1. The molecule has 0 aliphatic carbocycles. The number of rotatable bonds is 5. The van der Waals surface area contributed by atoms with Crippen LogP contribution in [0.15, 0.2) is 6.07 Å². The summed E-state index contributed by atoms with van der Waals surface area (Å²) in [5, 5.41) is 7.39. The minimum Gasteiger partial charge on any atom is -0.467 e. The Morgan fingerprint density at radius 2 is 2.00 bits per heavy atom. The Balaban J connectivity index is 2.53. The van der Waals surface area contributed by atoms with Crippen molar-refractivity contribution in [1.82, 2.24) is 24.7 Å². The molecule has 0 saturated heterocycles.